The van der Waals surface area contributed by atoms with Gasteiger partial charge in [-0.25, -0.2) is 4.98 Å². The molecule has 0 spiro atoms. The van der Waals surface area contributed by atoms with Crippen LogP contribution in [0.4, 0.5) is 5.69 Å². The Kier molecular flexibility index (Phi) is 5.39. The predicted octanol–water partition coefficient (Wildman–Crippen LogP) is 2.17. The van der Waals surface area contributed by atoms with Crippen LogP contribution in [0.5, 0.6) is 0 Å². The molecule has 3 rings (SSSR count). The number of carbonyl (C=O) groups excluding carboxylic acids is 1. The standard InChI is InChI=1S/C17H22N4O2/c22-17(7-10-23-15-5-8-18-9-6-15)21-14-3-1-13(2-4-14)16-11-19-12-20-16/h1-4,11-12,15,18H,5-10H2,(H,19,20)(H,21,22). The summed E-state index contributed by atoms with van der Waals surface area (Å²) in [5.74, 6) is -0.0202. The quantitative estimate of drug-likeness (QED) is 0.763. The lowest BCUT2D eigenvalue weighted by Crippen LogP contribution is -2.33. The van der Waals surface area contributed by atoms with Gasteiger partial charge in [-0.2, -0.15) is 0 Å². The van der Waals surface area contributed by atoms with Gasteiger partial charge in [-0.1, -0.05) is 12.1 Å². The molecule has 1 amide bonds. The summed E-state index contributed by atoms with van der Waals surface area (Å²) in [5.41, 5.74) is 2.79. The number of anilines is 1. The first-order chi connectivity index (χ1) is 11.3. The molecule has 6 nitrogen and oxygen atoms in total. The smallest absolute Gasteiger partial charge is 0.226 e. The number of nitrogens with zero attached hydrogens (tertiary/aromatic N) is 1. The van der Waals surface area contributed by atoms with E-state index in [4.69, 9.17) is 4.74 Å². The fourth-order valence-electron chi connectivity index (χ4n) is 2.65. The Bertz CT molecular complexity index is 604. The van der Waals surface area contributed by atoms with Crippen molar-refractivity contribution in [3.63, 3.8) is 0 Å². The van der Waals surface area contributed by atoms with Crippen LogP contribution in [0.2, 0.25) is 0 Å². The second-order valence-electron chi connectivity index (χ2n) is 5.66. The Balaban J connectivity index is 1.42. The van der Waals surface area contributed by atoms with Crippen molar-refractivity contribution in [1.29, 1.82) is 0 Å². The fourth-order valence-corrected chi connectivity index (χ4v) is 2.65. The highest BCUT2D eigenvalue weighted by Crippen LogP contribution is 2.18. The van der Waals surface area contributed by atoms with E-state index in [0.29, 0.717) is 13.0 Å². The van der Waals surface area contributed by atoms with Crippen molar-refractivity contribution in [3.05, 3.63) is 36.8 Å². The highest BCUT2D eigenvalue weighted by atomic mass is 16.5. The summed E-state index contributed by atoms with van der Waals surface area (Å²) >= 11 is 0. The third-order valence-corrected chi connectivity index (χ3v) is 3.95. The normalized spacial score (nSPS) is 15.5. The molecule has 1 aromatic carbocycles. The first-order valence-electron chi connectivity index (χ1n) is 8.02. The van der Waals surface area contributed by atoms with E-state index in [2.05, 4.69) is 20.6 Å². The van der Waals surface area contributed by atoms with Crippen LogP contribution in [-0.4, -0.2) is 41.7 Å². The van der Waals surface area contributed by atoms with Crippen LogP contribution in [0.15, 0.2) is 36.8 Å². The monoisotopic (exact) mass is 314 g/mol. The molecule has 2 aromatic rings. The van der Waals surface area contributed by atoms with Gasteiger partial charge >= 0.3 is 0 Å². The third kappa shape index (κ3) is 4.64. The number of carbonyl (C=O) groups is 1. The van der Waals surface area contributed by atoms with Gasteiger partial charge in [0.05, 0.1) is 37.3 Å². The largest absolute Gasteiger partial charge is 0.378 e. The molecule has 1 saturated heterocycles. The minimum atomic E-state index is -0.0202. The number of imidazole rings is 1. The van der Waals surface area contributed by atoms with Gasteiger partial charge in [-0.3, -0.25) is 4.79 Å². The Morgan fingerprint density at radius 2 is 2.04 bits per heavy atom. The number of rotatable bonds is 6. The predicted molar refractivity (Wildman–Crippen MR) is 89.1 cm³/mol. The van der Waals surface area contributed by atoms with Gasteiger partial charge in [0, 0.05) is 5.69 Å². The summed E-state index contributed by atoms with van der Waals surface area (Å²) in [6.07, 6.45) is 6.14. The van der Waals surface area contributed by atoms with Crippen LogP contribution in [0.1, 0.15) is 19.3 Å². The van der Waals surface area contributed by atoms with Crippen molar-refractivity contribution in [2.45, 2.75) is 25.4 Å². The first kappa shape index (κ1) is 15.7. The number of hydrogen-bond acceptors (Lipinski definition) is 4. The maximum Gasteiger partial charge on any atom is 0.226 e. The molecule has 1 aromatic heterocycles. The molecule has 23 heavy (non-hydrogen) atoms. The minimum absolute atomic E-state index is 0.0202. The van der Waals surface area contributed by atoms with Crippen molar-refractivity contribution < 1.29 is 9.53 Å². The van der Waals surface area contributed by atoms with Crippen molar-refractivity contribution >= 4 is 11.6 Å². The third-order valence-electron chi connectivity index (χ3n) is 3.95. The zero-order valence-corrected chi connectivity index (χ0v) is 13.0. The molecule has 0 bridgehead atoms. The molecular formula is C17H22N4O2. The number of aromatic nitrogens is 2. The Hall–Kier alpha value is -2.18. The van der Waals surface area contributed by atoms with Gasteiger partial charge in [0.15, 0.2) is 0 Å². The minimum Gasteiger partial charge on any atom is -0.378 e. The number of benzene rings is 1. The second-order valence-corrected chi connectivity index (χ2v) is 5.66. The summed E-state index contributed by atoms with van der Waals surface area (Å²) in [5, 5.41) is 6.19. The Labute approximate surface area is 135 Å². The van der Waals surface area contributed by atoms with Gasteiger partial charge in [-0.15, -0.1) is 0 Å². The lowest BCUT2D eigenvalue weighted by atomic mass is 10.1. The summed E-state index contributed by atoms with van der Waals surface area (Å²) in [6.45, 7) is 2.47. The van der Waals surface area contributed by atoms with Crippen LogP contribution < -0.4 is 10.6 Å². The molecule has 3 N–H and O–H groups in total. The average Bonchev–Trinajstić information content (AvgIpc) is 3.11. The van der Waals surface area contributed by atoms with E-state index in [9.17, 15) is 4.79 Å². The molecule has 1 aliphatic rings. The lowest BCUT2D eigenvalue weighted by molar-refractivity contribution is -0.117. The number of aromatic amines is 1. The molecule has 0 aliphatic carbocycles. The van der Waals surface area contributed by atoms with E-state index in [-0.39, 0.29) is 12.0 Å². The zero-order chi connectivity index (χ0) is 15.9. The van der Waals surface area contributed by atoms with Crippen LogP contribution >= 0.6 is 0 Å². The van der Waals surface area contributed by atoms with Crippen LogP contribution in [0.25, 0.3) is 11.3 Å². The van der Waals surface area contributed by atoms with E-state index in [1.807, 2.05) is 24.3 Å². The molecular weight excluding hydrogens is 292 g/mol. The second kappa shape index (κ2) is 7.89. The SMILES string of the molecule is O=C(CCOC1CCNCC1)Nc1ccc(-c2cnc[nH]2)cc1. The van der Waals surface area contributed by atoms with E-state index < -0.39 is 0 Å². The molecule has 0 radical (unpaired) electrons. The fraction of sp³-hybridized carbons (Fsp3) is 0.412. The maximum atomic E-state index is 11.9. The number of piperidine rings is 1. The summed E-state index contributed by atoms with van der Waals surface area (Å²) in [7, 11) is 0. The van der Waals surface area contributed by atoms with Crippen LogP contribution in [0.3, 0.4) is 0 Å². The van der Waals surface area contributed by atoms with Crippen LogP contribution in [-0.2, 0) is 9.53 Å². The van der Waals surface area contributed by atoms with Crippen molar-refractivity contribution in [1.82, 2.24) is 15.3 Å². The molecule has 0 atom stereocenters. The van der Waals surface area contributed by atoms with E-state index in [1.54, 1.807) is 12.5 Å². The molecule has 2 heterocycles. The first-order valence-corrected chi connectivity index (χ1v) is 8.02. The topological polar surface area (TPSA) is 79.0 Å². The van der Waals surface area contributed by atoms with Gasteiger partial charge in [0.2, 0.25) is 5.91 Å². The number of hydrogen-bond donors (Lipinski definition) is 3. The molecule has 122 valence electrons. The molecule has 1 aliphatic heterocycles. The van der Waals surface area contributed by atoms with Gasteiger partial charge < -0.3 is 20.4 Å². The van der Waals surface area contributed by atoms with E-state index in [1.165, 1.54) is 0 Å². The van der Waals surface area contributed by atoms with Gasteiger partial charge in [0.25, 0.3) is 0 Å². The highest BCUT2D eigenvalue weighted by Gasteiger charge is 2.13. The Morgan fingerprint density at radius 1 is 1.26 bits per heavy atom. The van der Waals surface area contributed by atoms with E-state index in [0.717, 1.165) is 42.9 Å². The van der Waals surface area contributed by atoms with Crippen molar-refractivity contribution in [3.8, 4) is 11.3 Å². The number of ether oxygens (including phenoxy) is 1. The van der Waals surface area contributed by atoms with Crippen LogP contribution in [0, 0.1) is 0 Å². The molecule has 0 saturated carbocycles. The van der Waals surface area contributed by atoms with Gasteiger partial charge in [0.1, 0.15) is 0 Å². The lowest BCUT2D eigenvalue weighted by Gasteiger charge is -2.22. The number of H-pyrrole nitrogens is 1. The van der Waals surface area contributed by atoms with E-state index >= 15 is 0 Å². The average molecular weight is 314 g/mol. The summed E-state index contributed by atoms with van der Waals surface area (Å²) in [6, 6.07) is 7.69. The summed E-state index contributed by atoms with van der Waals surface area (Å²) < 4.78 is 5.75. The zero-order valence-electron chi connectivity index (χ0n) is 13.0. The maximum absolute atomic E-state index is 11.9. The van der Waals surface area contributed by atoms with Crippen molar-refractivity contribution in [2.75, 3.05) is 25.0 Å². The molecule has 6 heteroatoms. The molecule has 1 fully saturated rings. The number of nitrogens with one attached hydrogen (secondary N) is 3. The Morgan fingerprint density at radius 3 is 2.74 bits per heavy atom. The van der Waals surface area contributed by atoms with Gasteiger partial charge in [-0.05, 0) is 43.6 Å². The molecule has 0 unspecified atom stereocenters. The number of amides is 1. The summed E-state index contributed by atoms with van der Waals surface area (Å²) in [4.78, 5) is 19.0. The van der Waals surface area contributed by atoms with Crippen molar-refractivity contribution in [2.24, 2.45) is 0 Å². The highest BCUT2D eigenvalue weighted by molar-refractivity contribution is 5.91.